The highest BCUT2D eigenvalue weighted by molar-refractivity contribution is 5.84. The Balaban J connectivity index is 1.93. The molecule has 1 aromatic carbocycles. The van der Waals surface area contributed by atoms with E-state index in [0.29, 0.717) is 11.4 Å². The number of rotatable bonds is 8. The molecule has 1 heterocycles. The first-order chi connectivity index (χ1) is 11.5. The van der Waals surface area contributed by atoms with Gasteiger partial charge in [-0.15, -0.1) is 0 Å². The van der Waals surface area contributed by atoms with Gasteiger partial charge in [0, 0.05) is 25.1 Å². The largest absolute Gasteiger partial charge is 0.497 e. The Bertz CT molecular complexity index is 670. The third-order valence-corrected chi connectivity index (χ3v) is 3.55. The maximum Gasteiger partial charge on any atom is 0.326 e. The van der Waals surface area contributed by atoms with E-state index < -0.39 is 24.0 Å². The van der Waals surface area contributed by atoms with Gasteiger partial charge in [0.1, 0.15) is 11.8 Å². The average Bonchev–Trinajstić information content (AvgIpc) is 3.07. The van der Waals surface area contributed by atoms with E-state index in [2.05, 4.69) is 15.3 Å². The quantitative estimate of drug-likeness (QED) is 0.560. The molecule has 2 rings (SSSR count). The summed E-state index contributed by atoms with van der Waals surface area (Å²) in [6.45, 7) is 0. The number of amides is 1. The average molecular weight is 332 g/mol. The first kappa shape index (κ1) is 17.5. The minimum atomic E-state index is -1.12. The standard InChI is InChI=1S/C16H20N4O4/c1-24-12-4-2-10(3-5-12)13(17)7-15(21)20-14(16(22)23)6-11-8-18-9-19-11/h2-5,8-9,13-14H,6-7,17H2,1H3,(H,18,19)(H,20,21)(H,22,23)/t13?,14-/m1/s1. The zero-order valence-electron chi connectivity index (χ0n) is 13.2. The first-order valence-corrected chi connectivity index (χ1v) is 7.39. The zero-order chi connectivity index (χ0) is 17.5. The van der Waals surface area contributed by atoms with Gasteiger partial charge in [0.2, 0.25) is 5.91 Å². The number of aliphatic carboxylic acids is 1. The monoisotopic (exact) mass is 332 g/mol. The van der Waals surface area contributed by atoms with Crippen molar-refractivity contribution in [3.8, 4) is 5.75 Å². The number of H-pyrrole nitrogens is 1. The van der Waals surface area contributed by atoms with E-state index in [1.165, 1.54) is 6.33 Å². The molecular weight excluding hydrogens is 312 g/mol. The number of aromatic nitrogens is 2. The van der Waals surface area contributed by atoms with Gasteiger partial charge in [-0.3, -0.25) is 4.79 Å². The summed E-state index contributed by atoms with van der Waals surface area (Å²) in [6, 6.07) is 5.47. The number of ether oxygens (including phenoxy) is 1. The third kappa shape index (κ3) is 4.82. The van der Waals surface area contributed by atoms with E-state index in [9.17, 15) is 14.7 Å². The van der Waals surface area contributed by atoms with Crippen LogP contribution in [-0.4, -0.2) is 40.1 Å². The van der Waals surface area contributed by atoms with Crippen molar-refractivity contribution in [2.75, 3.05) is 7.11 Å². The second-order valence-electron chi connectivity index (χ2n) is 5.31. The Kier molecular flexibility index (Phi) is 5.91. The number of carboxylic acid groups (broad SMARTS) is 1. The predicted molar refractivity (Wildman–Crippen MR) is 86.4 cm³/mol. The number of aromatic amines is 1. The van der Waals surface area contributed by atoms with Crippen molar-refractivity contribution in [3.05, 3.63) is 48.0 Å². The molecule has 0 radical (unpaired) electrons. The lowest BCUT2D eigenvalue weighted by atomic mass is 10.0. The molecule has 24 heavy (non-hydrogen) atoms. The van der Waals surface area contributed by atoms with E-state index in [4.69, 9.17) is 10.5 Å². The van der Waals surface area contributed by atoms with Gasteiger partial charge in [-0.25, -0.2) is 9.78 Å². The summed E-state index contributed by atoms with van der Waals surface area (Å²) >= 11 is 0. The van der Waals surface area contributed by atoms with Crippen molar-refractivity contribution in [2.24, 2.45) is 5.73 Å². The highest BCUT2D eigenvalue weighted by Crippen LogP contribution is 2.18. The second-order valence-corrected chi connectivity index (χ2v) is 5.31. The molecule has 0 aliphatic heterocycles. The highest BCUT2D eigenvalue weighted by Gasteiger charge is 2.22. The van der Waals surface area contributed by atoms with Crippen molar-refractivity contribution < 1.29 is 19.4 Å². The number of benzene rings is 1. The number of carboxylic acids is 1. The van der Waals surface area contributed by atoms with Crippen LogP contribution in [0.1, 0.15) is 23.7 Å². The van der Waals surface area contributed by atoms with Crippen LogP contribution >= 0.6 is 0 Å². The van der Waals surface area contributed by atoms with Crippen LogP contribution in [0, 0.1) is 0 Å². The molecule has 2 atom stereocenters. The Hall–Kier alpha value is -2.87. The van der Waals surface area contributed by atoms with Gasteiger partial charge in [-0.1, -0.05) is 12.1 Å². The summed E-state index contributed by atoms with van der Waals surface area (Å²) < 4.78 is 5.07. The number of nitrogens with zero attached hydrogens (tertiary/aromatic N) is 1. The number of imidazole rings is 1. The van der Waals surface area contributed by atoms with E-state index in [0.717, 1.165) is 5.56 Å². The molecule has 1 aromatic heterocycles. The van der Waals surface area contributed by atoms with Crippen LogP contribution in [0.5, 0.6) is 5.75 Å². The van der Waals surface area contributed by atoms with Crippen LogP contribution < -0.4 is 15.8 Å². The minimum Gasteiger partial charge on any atom is -0.497 e. The lowest BCUT2D eigenvalue weighted by Crippen LogP contribution is -2.43. The van der Waals surface area contributed by atoms with E-state index in [1.54, 1.807) is 37.6 Å². The maximum atomic E-state index is 12.1. The maximum absolute atomic E-state index is 12.1. The summed E-state index contributed by atoms with van der Waals surface area (Å²) in [5.74, 6) is -0.856. The second kappa shape index (κ2) is 8.11. The molecule has 0 fully saturated rings. The Labute approximate surface area is 139 Å². The smallest absolute Gasteiger partial charge is 0.326 e. The number of methoxy groups -OCH3 is 1. The fourth-order valence-corrected chi connectivity index (χ4v) is 2.23. The normalized spacial score (nSPS) is 13.1. The molecule has 8 heteroatoms. The molecule has 0 aliphatic rings. The molecule has 0 saturated heterocycles. The van der Waals surface area contributed by atoms with E-state index >= 15 is 0 Å². The van der Waals surface area contributed by atoms with Crippen LogP contribution in [-0.2, 0) is 16.0 Å². The third-order valence-electron chi connectivity index (χ3n) is 3.55. The topological polar surface area (TPSA) is 130 Å². The van der Waals surface area contributed by atoms with Crippen LogP contribution in [0.4, 0.5) is 0 Å². The molecule has 1 unspecified atom stereocenters. The van der Waals surface area contributed by atoms with Gasteiger partial charge in [0.25, 0.3) is 0 Å². The Morgan fingerprint density at radius 3 is 2.62 bits per heavy atom. The predicted octanol–water partition coefficient (Wildman–Crippen LogP) is 0.620. The van der Waals surface area contributed by atoms with Gasteiger partial charge >= 0.3 is 5.97 Å². The lowest BCUT2D eigenvalue weighted by Gasteiger charge is -2.16. The molecule has 0 spiro atoms. The summed E-state index contributed by atoms with van der Waals surface area (Å²) in [6.07, 6.45) is 3.12. The molecule has 128 valence electrons. The number of hydrogen-bond acceptors (Lipinski definition) is 5. The number of carbonyl (C=O) groups excluding carboxylic acids is 1. The van der Waals surface area contributed by atoms with Crippen LogP contribution in [0.25, 0.3) is 0 Å². The van der Waals surface area contributed by atoms with Crippen LogP contribution in [0.3, 0.4) is 0 Å². The highest BCUT2D eigenvalue weighted by atomic mass is 16.5. The number of nitrogens with two attached hydrogens (primary N) is 1. The van der Waals surface area contributed by atoms with E-state index in [1.807, 2.05) is 0 Å². The van der Waals surface area contributed by atoms with Crippen LogP contribution in [0.15, 0.2) is 36.8 Å². The molecule has 0 aliphatic carbocycles. The van der Waals surface area contributed by atoms with Crippen molar-refractivity contribution in [2.45, 2.75) is 24.9 Å². The molecule has 8 nitrogen and oxygen atoms in total. The SMILES string of the molecule is COc1ccc(C(N)CC(=O)N[C@H](Cc2c[nH]cn2)C(=O)O)cc1. The van der Waals surface area contributed by atoms with Crippen molar-refractivity contribution >= 4 is 11.9 Å². The van der Waals surface area contributed by atoms with Gasteiger partial charge in [-0.05, 0) is 17.7 Å². The van der Waals surface area contributed by atoms with Crippen molar-refractivity contribution in [1.29, 1.82) is 0 Å². The van der Waals surface area contributed by atoms with E-state index in [-0.39, 0.29) is 12.8 Å². The summed E-state index contributed by atoms with van der Waals surface area (Å²) in [7, 11) is 1.56. The Morgan fingerprint density at radius 2 is 2.08 bits per heavy atom. The van der Waals surface area contributed by atoms with Crippen LogP contribution in [0.2, 0.25) is 0 Å². The fourth-order valence-electron chi connectivity index (χ4n) is 2.23. The number of hydrogen-bond donors (Lipinski definition) is 4. The number of nitrogens with one attached hydrogen (secondary N) is 2. The zero-order valence-corrected chi connectivity index (χ0v) is 13.2. The molecular formula is C16H20N4O4. The lowest BCUT2D eigenvalue weighted by molar-refractivity contribution is -0.141. The van der Waals surface area contributed by atoms with Gasteiger partial charge in [0.05, 0.1) is 19.1 Å². The summed E-state index contributed by atoms with van der Waals surface area (Å²) in [5, 5.41) is 11.7. The molecule has 0 saturated carbocycles. The minimum absolute atomic E-state index is 0.0172. The van der Waals surface area contributed by atoms with Gasteiger partial charge in [0.15, 0.2) is 0 Å². The number of carbonyl (C=O) groups is 2. The fraction of sp³-hybridized carbons (Fsp3) is 0.312. The van der Waals surface area contributed by atoms with Gasteiger partial charge < -0.3 is 25.9 Å². The van der Waals surface area contributed by atoms with Crippen molar-refractivity contribution in [3.63, 3.8) is 0 Å². The summed E-state index contributed by atoms with van der Waals surface area (Å²) in [5.41, 5.74) is 7.34. The first-order valence-electron chi connectivity index (χ1n) is 7.39. The van der Waals surface area contributed by atoms with Crippen molar-refractivity contribution in [1.82, 2.24) is 15.3 Å². The van der Waals surface area contributed by atoms with Gasteiger partial charge in [-0.2, -0.15) is 0 Å². The Morgan fingerprint density at radius 1 is 1.38 bits per heavy atom. The molecule has 0 bridgehead atoms. The molecule has 1 amide bonds. The molecule has 5 N–H and O–H groups in total. The summed E-state index contributed by atoms with van der Waals surface area (Å²) in [4.78, 5) is 30.1. The molecule has 2 aromatic rings.